The molecule has 2 aliphatic heterocycles. The first-order chi connectivity index (χ1) is 9.84. The molecule has 0 radical (unpaired) electrons. The Morgan fingerprint density at radius 2 is 1.70 bits per heavy atom. The van der Waals surface area contributed by atoms with Gasteiger partial charge >= 0.3 is 0 Å². The number of rotatable bonds is 1. The van der Waals surface area contributed by atoms with Gasteiger partial charge < -0.3 is 10.2 Å². The molecule has 2 heterocycles. The molecule has 2 saturated carbocycles. The number of carbonyl (C=O) groups is 1. The zero-order chi connectivity index (χ0) is 13.5. The van der Waals surface area contributed by atoms with E-state index in [0.717, 1.165) is 24.9 Å². The van der Waals surface area contributed by atoms with E-state index in [4.69, 9.17) is 0 Å². The van der Waals surface area contributed by atoms with Gasteiger partial charge in [0.15, 0.2) is 0 Å². The van der Waals surface area contributed by atoms with Crippen molar-refractivity contribution in [1.29, 1.82) is 0 Å². The largest absolute Gasteiger partial charge is 0.338 e. The lowest BCUT2D eigenvalue weighted by Gasteiger charge is -2.45. The van der Waals surface area contributed by atoms with Crippen LogP contribution >= 0.6 is 0 Å². The van der Waals surface area contributed by atoms with Crippen molar-refractivity contribution in [3.8, 4) is 0 Å². The van der Waals surface area contributed by atoms with E-state index < -0.39 is 0 Å². The van der Waals surface area contributed by atoms with Gasteiger partial charge in [0.05, 0.1) is 6.04 Å². The summed E-state index contributed by atoms with van der Waals surface area (Å²) in [5, 5.41) is 3.56. The summed E-state index contributed by atoms with van der Waals surface area (Å²) >= 11 is 0. The van der Waals surface area contributed by atoms with Crippen molar-refractivity contribution in [3.63, 3.8) is 0 Å². The maximum Gasteiger partial charge on any atom is 0.240 e. The molecule has 0 aromatic rings. The minimum absolute atomic E-state index is 0.156. The summed E-state index contributed by atoms with van der Waals surface area (Å²) in [6.45, 7) is 2.11. The number of amides is 1. The molecule has 0 aromatic heterocycles. The first-order valence-corrected chi connectivity index (χ1v) is 8.88. The summed E-state index contributed by atoms with van der Waals surface area (Å²) in [6.07, 6.45) is 11.9. The normalized spacial score (nSPS) is 44.2. The van der Waals surface area contributed by atoms with Crippen LogP contribution in [-0.4, -0.2) is 36.0 Å². The van der Waals surface area contributed by atoms with Crippen LogP contribution in [0.5, 0.6) is 0 Å². The molecule has 4 fully saturated rings. The lowest BCUT2D eigenvalue weighted by atomic mass is 9.78. The quantitative estimate of drug-likeness (QED) is 0.798. The Balaban J connectivity index is 1.49. The van der Waals surface area contributed by atoms with Crippen LogP contribution in [0.4, 0.5) is 0 Å². The van der Waals surface area contributed by atoms with Crippen molar-refractivity contribution in [1.82, 2.24) is 10.2 Å². The molecular formula is C17H28N2O. The minimum atomic E-state index is 0.156. The van der Waals surface area contributed by atoms with E-state index in [1.54, 1.807) is 0 Å². The van der Waals surface area contributed by atoms with Crippen LogP contribution in [0.25, 0.3) is 0 Å². The fourth-order valence-corrected chi connectivity index (χ4v) is 5.54. The molecule has 1 N–H and O–H groups in total. The molecule has 5 atom stereocenters. The molecule has 0 bridgehead atoms. The van der Waals surface area contributed by atoms with Crippen LogP contribution in [0.15, 0.2) is 0 Å². The van der Waals surface area contributed by atoms with Gasteiger partial charge in [-0.2, -0.15) is 0 Å². The highest BCUT2D eigenvalue weighted by Gasteiger charge is 2.46. The highest BCUT2D eigenvalue weighted by molar-refractivity contribution is 5.83. The van der Waals surface area contributed by atoms with Crippen molar-refractivity contribution < 1.29 is 4.79 Å². The first-order valence-electron chi connectivity index (χ1n) is 8.88. The predicted molar refractivity (Wildman–Crippen MR) is 79.3 cm³/mol. The van der Waals surface area contributed by atoms with E-state index in [0.29, 0.717) is 17.9 Å². The van der Waals surface area contributed by atoms with E-state index in [1.807, 2.05) is 0 Å². The molecule has 4 rings (SSSR count). The molecule has 0 aromatic carbocycles. The van der Waals surface area contributed by atoms with Crippen LogP contribution in [0.1, 0.15) is 57.8 Å². The van der Waals surface area contributed by atoms with Gasteiger partial charge in [-0.3, -0.25) is 4.79 Å². The standard InChI is InChI=1S/C17H28N2O/c20-17(16-14-8-3-6-13(14)11-18-16)19-10-4-7-12-5-1-2-9-15(12)19/h12-16,18H,1-11H2/t12-,13?,14?,15-,16?/m1/s1. The number of hydrogen-bond acceptors (Lipinski definition) is 2. The third-order valence-corrected chi connectivity index (χ3v) is 6.54. The maximum absolute atomic E-state index is 13.1. The third-order valence-electron chi connectivity index (χ3n) is 6.54. The highest BCUT2D eigenvalue weighted by atomic mass is 16.2. The summed E-state index contributed by atoms with van der Waals surface area (Å²) in [7, 11) is 0. The lowest BCUT2D eigenvalue weighted by Crippen LogP contribution is -2.55. The van der Waals surface area contributed by atoms with Gasteiger partial charge in [-0.1, -0.05) is 19.3 Å². The van der Waals surface area contributed by atoms with E-state index in [-0.39, 0.29) is 6.04 Å². The first kappa shape index (κ1) is 13.1. The van der Waals surface area contributed by atoms with Crippen molar-refractivity contribution >= 4 is 5.91 Å². The van der Waals surface area contributed by atoms with Crippen molar-refractivity contribution in [2.24, 2.45) is 17.8 Å². The van der Waals surface area contributed by atoms with Gasteiger partial charge in [0, 0.05) is 12.6 Å². The smallest absolute Gasteiger partial charge is 0.240 e. The van der Waals surface area contributed by atoms with Gasteiger partial charge in [-0.05, 0) is 62.8 Å². The zero-order valence-electron chi connectivity index (χ0n) is 12.5. The summed E-state index contributed by atoms with van der Waals surface area (Å²) in [5.74, 6) is 2.69. The SMILES string of the molecule is O=C(C1NCC2CCCC21)N1CCC[C@H]2CCCC[C@H]21. The molecule has 3 heteroatoms. The van der Waals surface area contributed by atoms with Gasteiger partial charge in [0.1, 0.15) is 0 Å². The lowest BCUT2D eigenvalue weighted by molar-refractivity contribution is -0.140. The number of nitrogens with one attached hydrogen (secondary N) is 1. The van der Waals surface area contributed by atoms with Crippen molar-refractivity contribution in [2.45, 2.75) is 69.9 Å². The van der Waals surface area contributed by atoms with Crippen LogP contribution in [0.3, 0.4) is 0 Å². The van der Waals surface area contributed by atoms with E-state index in [9.17, 15) is 4.79 Å². The topological polar surface area (TPSA) is 32.3 Å². The van der Waals surface area contributed by atoms with E-state index in [2.05, 4.69) is 10.2 Å². The summed E-state index contributed by atoms with van der Waals surface area (Å²) in [5.41, 5.74) is 0. The minimum Gasteiger partial charge on any atom is -0.338 e. The van der Waals surface area contributed by atoms with Gasteiger partial charge in [-0.25, -0.2) is 0 Å². The zero-order valence-corrected chi connectivity index (χ0v) is 12.5. The Kier molecular flexibility index (Phi) is 3.49. The second-order valence-electron chi connectivity index (χ2n) is 7.53. The van der Waals surface area contributed by atoms with Crippen molar-refractivity contribution in [3.05, 3.63) is 0 Å². The Labute approximate surface area is 122 Å². The van der Waals surface area contributed by atoms with E-state index in [1.165, 1.54) is 57.8 Å². The number of piperidine rings is 1. The number of hydrogen-bond donors (Lipinski definition) is 1. The number of fused-ring (bicyclic) bond motifs is 2. The molecule has 3 unspecified atom stereocenters. The van der Waals surface area contributed by atoms with Crippen LogP contribution in [-0.2, 0) is 4.79 Å². The van der Waals surface area contributed by atoms with Gasteiger partial charge in [-0.15, -0.1) is 0 Å². The third kappa shape index (κ3) is 2.09. The average molecular weight is 276 g/mol. The molecule has 2 aliphatic carbocycles. The molecule has 0 spiro atoms. The highest BCUT2D eigenvalue weighted by Crippen LogP contribution is 2.40. The summed E-state index contributed by atoms with van der Waals surface area (Å²) in [4.78, 5) is 15.4. The molecule has 1 amide bonds. The van der Waals surface area contributed by atoms with Crippen LogP contribution in [0.2, 0.25) is 0 Å². The Bertz CT molecular complexity index is 381. The van der Waals surface area contributed by atoms with Gasteiger partial charge in [0.2, 0.25) is 5.91 Å². The Morgan fingerprint density at radius 1 is 0.900 bits per heavy atom. The second kappa shape index (κ2) is 5.32. The predicted octanol–water partition coefficient (Wildman–Crippen LogP) is 2.56. The molecule has 4 aliphatic rings. The summed E-state index contributed by atoms with van der Waals surface area (Å²) in [6, 6.07) is 0.732. The number of likely N-dealkylation sites (tertiary alicyclic amines) is 1. The molecule has 20 heavy (non-hydrogen) atoms. The molecule has 112 valence electrons. The average Bonchev–Trinajstić information content (AvgIpc) is 3.09. The van der Waals surface area contributed by atoms with Gasteiger partial charge in [0.25, 0.3) is 0 Å². The number of nitrogens with zero attached hydrogens (tertiary/aromatic N) is 1. The molecular weight excluding hydrogens is 248 g/mol. The van der Waals surface area contributed by atoms with Crippen LogP contribution in [0, 0.1) is 17.8 Å². The summed E-state index contributed by atoms with van der Waals surface area (Å²) < 4.78 is 0. The fraction of sp³-hybridized carbons (Fsp3) is 0.941. The Morgan fingerprint density at radius 3 is 2.65 bits per heavy atom. The Hall–Kier alpha value is -0.570. The second-order valence-corrected chi connectivity index (χ2v) is 7.53. The van der Waals surface area contributed by atoms with E-state index >= 15 is 0 Å². The maximum atomic E-state index is 13.1. The van der Waals surface area contributed by atoms with Crippen molar-refractivity contribution in [2.75, 3.05) is 13.1 Å². The fourth-order valence-electron chi connectivity index (χ4n) is 5.54. The van der Waals surface area contributed by atoms with Crippen LogP contribution < -0.4 is 5.32 Å². The molecule has 2 saturated heterocycles. The number of carbonyl (C=O) groups excluding carboxylic acids is 1. The monoisotopic (exact) mass is 276 g/mol. The molecule has 3 nitrogen and oxygen atoms in total.